The van der Waals surface area contributed by atoms with Gasteiger partial charge in [0, 0.05) is 12.1 Å². The van der Waals surface area contributed by atoms with Crippen LogP contribution in [0, 0.1) is 5.41 Å². The first-order chi connectivity index (χ1) is 10.7. The maximum Gasteiger partial charge on any atom is 0.407 e. The fourth-order valence-electron chi connectivity index (χ4n) is 2.25. The number of hydrogen-bond donors (Lipinski definition) is 4. The SMILES string of the molecule is CC(C)(C)OC(=O)NC1CC(Nc2ncnc(N)c2C(=N)Br)C1. The van der Waals surface area contributed by atoms with Gasteiger partial charge in [-0.1, -0.05) is 0 Å². The average molecular weight is 385 g/mol. The number of carbonyl (C=O) groups excluding carboxylic acids is 1. The predicted molar refractivity (Wildman–Crippen MR) is 92.0 cm³/mol. The Morgan fingerprint density at radius 3 is 2.61 bits per heavy atom. The lowest BCUT2D eigenvalue weighted by Crippen LogP contribution is -2.51. The molecule has 0 aliphatic heterocycles. The molecule has 0 saturated heterocycles. The van der Waals surface area contributed by atoms with E-state index in [2.05, 4.69) is 36.5 Å². The zero-order valence-corrected chi connectivity index (χ0v) is 14.9. The van der Waals surface area contributed by atoms with Gasteiger partial charge in [-0.15, -0.1) is 0 Å². The van der Waals surface area contributed by atoms with Gasteiger partial charge < -0.3 is 21.1 Å². The van der Waals surface area contributed by atoms with Crippen LogP contribution in [0.5, 0.6) is 0 Å². The van der Waals surface area contributed by atoms with Gasteiger partial charge in [-0.05, 0) is 49.5 Å². The zero-order chi connectivity index (χ0) is 17.2. The summed E-state index contributed by atoms with van der Waals surface area (Å²) in [5.41, 5.74) is 5.71. The quantitative estimate of drug-likeness (QED) is 0.589. The second-order valence-electron chi connectivity index (χ2n) is 6.45. The van der Waals surface area contributed by atoms with Gasteiger partial charge in [0.15, 0.2) is 0 Å². The molecule has 0 spiro atoms. The van der Waals surface area contributed by atoms with Gasteiger partial charge in [0.2, 0.25) is 0 Å². The van der Waals surface area contributed by atoms with E-state index in [0.29, 0.717) is 11.4 Å². The number of anilines is 2. The van der Waals surface area contributed by atoms with Crippen molar-refractivity contribution in [2.75, 3.05) is 11.1 Å². The van der Waals surface area contributed by atoms with Crippen LogP contribution in [-0.2, 0) is 4.74 Å². The number of halogens is 1. The summed E-state index contributed by atoms with van der Waals surface area (Å²) in [5, 5.41) is 13.7. The summed E-state index contributed by atoms with van der Waals surface area (Å²) >= 11 is 3.10. The van der Waals surface area contributed by atoms with E-state index in [1.807, 2.05) is 20.8 Å². The smallest absolute Gasteiger partial charge is 0.407 e. The number of nitrogen functional groups attached to an aromatic ring is 1. The second kappa shape index (κ2) is 6.69. The number of nitrogens with two attached hydrogens (primary N) is 1. The minimum atomic E-state index is -0.505. The lowest BCUT2D eigenvalue weighted by Gasteiger charge is -2.37. The van der Waals surface area contributed by atoms with Gasteiger partial charge >= 0.3 is 6.09 Å². The standard InChI is InChI=1S/C14H21BrN6O2/c1-14(2,3)23-13(22)21-8-4-7(5-8)20-12-9(10(15)16)11(17)18-6-19-12/h6-8,16H,4-5H2,1-3H3,(H,21,22)(H3,17,18,19,20). The Kier molecular flexibility index (Phi) is 5.08. The first-order valence-corrected chi connectivity index (χ1v) is 8.06. The Bertz CT molecular complexity index is 610. The highest BCUT2D eigenvalue weighted by molar-refractivity contribution is 9.18. The summed E-state index contributed by atoms with van der Waals surface area (Å²) in [5.74, 6) is 0.757. The first-order valence-electron chi connectivity index (χ1n) is 7.26. The molecule has 1 saturated carbocycles. The van der Waals surface area contributed by atoms with E-state index < -0.39 is 11.7 Å². The number of nitrogens with one attached hydrogen (secondary N) is 3. The van der Waals surface area contributed by atoms with E-state index >= 15 is 0 Å². The largest absolute Gasteiger partial charge is 0.444 e. The average Bonchev–Trinajstić information content (AvgIpc) is 2.33. The molecule has 1 amide bonds. The number of carbonyl (C=O) groups is 1. The maximum atomic E-state index is 11.7. The monoisotopic (exact) mass is 384 g/mol. The summed E-state index contributed by atoms with van der Waals surface area (Å²) in [6.07, 6.45) is 2.44. The molecule has 8 nitrogen and oxygen atoms in total. The molecule has 1 aromatic heterocycles. The Hall–Kier alpha value is -1.90. The molecule has 0 radical (unpaired) electrons. The summed E-state index contributed by atoms with van der Waals surface area (Å²) in [6.45, 7) is 5.48. The molecule has 0 bridgehead atoms. The van der Waals surface area contributed by atoms with Gasteiger partial charge in [0.1, 0.15) is 28.2 Å². The third kappa shape index (κ3) is 4.78. The molecular weight excluding hydrogens is 364 g/mol. The molecule has 9 heteroatoms. The van der Waals surface area contributed by atoms with Crippen molar-refractivity contribution in [1.29, 1.82) is 5.41 Å². The topological polar surface area (TPSA) is 126 Å². The Morgan fingerprint density at radius 1 is 1.39 bits per heavy atom. The summed E-state index contributed by atoms with van der Waals surface area (Å²) in [6, 6.07) is 0.211. The molecule has 1 heterocycles. The molecule has 1 aromatic rings. The molecule has 2 rings (SSSR count). The highest BCUT2D eigenvalue weighted by Crippen LogP contribution is 2.27. The number of nitrogens with zero attached hydrogens (tertiary/aromatic N) is 2. The lowest BCUT2D eigenvalue weighted by atomic mass is 9.87. The number of rotatable bonds is 4. The molecular formula is C14H21BrN6O2. The number of hydrogen-bond acceptors (Lipinski definition) is 7. The predicted octanol–water partition coefficient (Wildman–Crippen LogP) is 2.25. The van der Waals surface area contributed by atoms with Crippen LogP contribution in [0.2, 0.25) is 0 Å². The second-order valence-corrected chi connectivity index (χ2v) is 7.25. The number of ether oxygens (including phenoxy) is 1. The van der Waals surface area contributed by atoms with Gasteiger partial charge in [-0.25, -0.2) is 14.8 Å². The van der Waals surface area contributed by atoms with E-state index in [1.54, 1.807) is 0 Å². The van der Waals surface area contributed by atoms with Gasteiger partial charge in [-0.2, -0.15) is 0 Å². The van der Waals surface area contributed by atoms with Crippen molar-refractivity contribution in [3.05, 3.63) is 11.9 Å². The Labute approximate surface area is 143 Å². The van der Waals surface area contributed by atoms with Crippen LogP contribution in [0.25, 0.3) is 0 Å². The molecule has 1 aliphatic carbocycles. The Balaban J connectivity index is 1.86. The van der Waals surface area contributed by atoms with E-state index in [1.165, 1.54) is 6.33 Å². The van der Waals surface area contributed by atoms with Crippen molar-refractivity contribution < 1.29 is 9.53 Å². The van der Waals surface area contributed by atoms with E-state index in [4.69, 9.17) is 15.9 Å². The van der Waals surface area contributed by atoms with Crippen LogP contribution in [0.1, 0.15) is 39.2 Å². The first kappa shape index (κ1) is 17.5. The van der Waals surface area contributed by atoms with Crippen LogP contribution < -0.4 is 16.4 Å². The normalized spacial score (nSPS) is 20.3. The van der Waals surface area contributed by atoms with Gasteiger partial charge in [-0.3, -0.25) is 5.41 Å². The third-order valence-electron chi connectivity index (χ3n) is 3.30. The van der Waals surface area contributed by atoms with Crippen molar-refractivity contribution in [2.24, 2.45) is 0 Å². The maximum absolute atomic E-state index is 11.7. The molecule has 1 aliphatic rings. The molecule has 0 atom stereocenters. The molecule has 23 heavy (non-hydrogen) atoms. The van der Waals surface area contributed by atoms with Crippen molar-refractivity contribution in [1.82, 2.24) is 15.3 Å². The number of alkyl carbamates (subject to hydrolysis) is 1. The Morgan fingerprint density at radius 2 is 2.04 bits per heavy atom. The molecule has 1 fully saturated rings. The summed E-state index contributed by atoms with van der Waals surface area (Å²) in [4.78, 5) is 19.7. The van der Waals surface area contributed by atoms with E-state index in [0.717, 1.165) is 12.8 Å². The fourth-order valence-corrected chi connectivity index (χ4v) is 2.64. The minimum Gasteiger partial charge on any atom is -0.444 e. The molecule has 5 N–H and O–H groups in total. The highest BCUT2D eigenvalue weighted by atomic mass is 79.9. The molecule has 0 unspecified atom stereocenters. The molecule has 0 aromatic carbocycles. The summed E-state index contributed by atoms with van der Waals surface area (Å²) in [7, 11) is 0. The summed E-state index contributed by atoms with van der Waals surface area (Å²) < 4.78 is 5.35. The van der Waals surface area contributed by atoms with Crippen molar-refractivity contribution in [3.8, 4) is 0 Å². The van der Waals surface area contributed by atoms with E-state index in [9.17, 15) is 4.79 Å². The van der Waals surface area contributed by atoms with Crippen molar-refractivity contribution in [2.45, 2.75) is 51.3 Å². The molecule has 126 valence electrons. The van der Waals surface area contributed by atoms with Crippen LogP contribution >= 0.6 is 15.9 Å². The number of aromatic nitrogens is 2. The van der Waals surface area contributed by atoms with Crippen molar-refractivity contribution >= 4 is 38.3 Å². The fraction of sp³-hybridized carbons (Fsp3) is 0.571. The number of amides is 1. The van der Waals surface area contributed by atoms with Gasteiger partial charge in [0.25, 0.3) is 0 Å². The van der Waals surface area contributed by atoms with Crippen LogP contribution in [0.15, 0.2) is 6.33 Å². The minimum absolute atomic E-state index is 0.0633. The van der Waals surface area contributed by atoms with Crippen molar-refractivity contribution in [3.63, 3.8) is 0 Å². The van der Waals surface area contributed by atoms with E-state index in [-0.39, 0.29) is 22.5 Å². The van der Waals surface area contributed by atoms with Crippen LogP contribution in [0.4, 0.5) is 16.4 Å². The highest BCUT2D eigenvalue weighted by Gasteiger charge is 2.32. The van der Waals surface area contributed by atoms with Gasteiger partial charge in [0.05, 0.1) is 5.56 Å². The lowest BCUT2D eigenvalue weighted by molar-refractivity contribution is 0.0475. The van der Waals surface area contributed by atoms with Crippen LogP contribution in [-0.4, -0.2) is 38.4 Å². The third-order valence-corrected chi connectivity index (χ3v) is 3.69. The van der Waals surface area contributed by atoms with Crippen LogP contribution in [0.3, 0.4) is 0 Å². The zero-order valence-electron chi connectivity index (χ0n) is 13.3.